The van der Waals surface area contributed by atoms with Gasteiger partial charge in [-0.05, 0) is 44.9 Å². The van der Waals surface area contributed by atoms with Gasteiger partial charge in [-0.15, -0.1) is 0 Å². The van der Waals surface area contributed by atoms with Crippen LogP contribution in [0.25, 0.3) is 27.9 Å². The fraction of sp³-hybridized carbons (Fsp3) is 0.286. The number of imidazole rings is 1. The molecule has 0 radical (unpaired) electrons. The van der Waals surface area contributed by atoms with Gasteiger partial charge >= 0.3 is 0 Å². The molecule has 0 saturated carbocycles. The van der Waals surface area contributed by atoms with Gasteiger partial charge < -0.3 is 14.8 Å². The Kier molecular flexibility index (Phi) is 4.93. The van der Waals surface area contributed by atoms with E-state index in [1.165, 1.54) is 0 Å². The number of fused-ring (bicyclic) bond motifs is 3. The minimum absolute atomic E-state index is 0.189. The third kappa shape index (κ3) is 3.54. The number of pyridine rings is 1. The lowest BCUT2D eigenvalue weighted by Gasteiger charge is -2.20. The van der Waals surface area contributed by atoms with Crippen molar-refractivity contribution in [3.63, 3.8) is 0 Å². The van der Waals surface area contributed by atoms with Crippen LogP contribution in [-0.2, 0) is 6.54 Å². The molecule has 4 aromatic rings. The summed E-state index contributed by atoms with van der Waals surface area (Å²) in [4.78, 5) is 28.9. The number of benzene rings is 1. The molecule has 0 bridgehead atoms. The summed E-state index contributed by atoms with van der Waals surface area (Å²) in [5.74, 6) is 0. The van der Waals surface area contributed by atoms with E-state index in [-0.39, 0.29) is 5.56 Å². The van der Waals surface area contributed by atoms with Crippen LogP contribution in [0, 0.1) is 0 Å². The van der Waals surface area contributed by atoms with Gasteiger partial charge in [-0.25, -0.2) is 4.98 Å². The van der Waals surface area contributed by atoms with Crippen LogP contribution in [0.5, 0.6) is 0 Å². The Morgan fingerprint density at radius 2 is 1.96 bits per heavy atom. The second kappa shape index (κ2) is 7.53. The standard InChI is InChI=1S/C21H24N6O/c1-25(2)10-11-26(3)13-16-6-4-8-18-19(16)24-21(28)20-23-17(14-27(18)20)15-7-5-9-22-12-15/h4-9,12,14H,10-11,13H2,1-3H3,(H,24,28). The van der Waals surface area contributed by atoms with Crippen molar-refractivity contribution in [2.24, 2.45) is 0 Å². The quantitative estimate of drug-likeness (QED) is 0.559. The van der Waals surface area contributed by atoms with Crippen molar-refractivity contribution in [1.29, 1.82) is 0 Å². The van der Waals surface area contributed by atoms with Gasteiger partial charge in [-0.2, -0.15) is 0 Å². The lowest BCUT2D eigenvalue weighted by atomic mass is 10.1. The molecule has 3 heterocycles. The summed E-state index contributed by atoms with van der Waals surface area (Å²) < 4.78 is 1.87. The molecule has 0 saturated heterocycles. The van der Waals surface area contributed by atoms with Crippen LogP contribution >= 0.6 is 0 Å². The van der Waals surface area contributed by atoms with E-state index >= 15 is 0 Å². The summed E-state index contributed by atoms with van der Waals surface area (Å²) in [5.41, 5.74) is 4.71. The van der Waals surface area contributed by atoms with Gasteiger partial charge in [0.2, 0.25) is 5.65 Å². The van der Waals surface area contributed by atoms with Gasteiger partial charge in [0.1, 0.15) is 0 Å². The van der Waals surface area contributed by atoms with Gasteiger partial charge in [0.25, 0.3) is 5.56 Å². The van der Waals surface area contributed by atoms with E-state index in [0.29, 0.717) is 5.65 Å². The van der Waals surface area contributed by atoms with Crippen molar-refractivity contribution in [2.45, 2.75) is 6.54 Å². The monoisotopic (exact) mass is 376 g/mol. The molecule has 0 aliphatic heterocycles. The molecule has 0 spiro atoms. The first-order valence-corrected chi connectivity index (χ1v) is 9.29. The fourth-order valence-corrected chi connectivity index (χ4v) is 3.35. The van der Waals surface area contributed by atoms with Gasteiger partial charge in [0, 0.05) is 43.8 Å². The summed E-state index contributed by atoms with van der Waals surface area (Å²) >= 11 is 0. The molecule has 0 aliphatic rings. The zero-order chi connectivity index (χ0) is 19.7. The molecular formula is C21H24N6O. The number of hydrogen-bond donors (Lipinski definition) is 1. The summed E-state index contributed by atoms with van der Waals surface area (Å²) in [6, 6.07) is 9.91. The van der Waals surface area contributed by atoms with Crippen molar-refractivity contribution in [3.8, 4) is 11.3 Å². The molecule has 28 heavy (non-hydrogen) atoms. The number of hydrogen-bond acceptors (Lipinski definition) is 5. The Morgan fingerprint density at radius 3 is 2.71 bits per heavy atom. The number of H-pyrrole nitrogens is 1. The molecule has 0 fully saturated rings. The largest absolute Gasteiger partial charge is 0.317 e. The first-order chi connectivity index (χ1) is 13.5. The Hall–Kier alpha value is -3.03. The van der Waals surface area contributed by atoms with Crippen LogP contribution in [0.3, 0.4) is 0 Å². The Morgan fingerprint density at radius 1 is 1.11 bits per heavy atom. The molecule has 1 N–H and O–H groups in total. The van der Waals surface area contributed by atoms with Crippen LogP contribution in [0.2, 0.25) is 0 Å². The highest BCUT2D eigenvalue weighted by molar-refractivity contribution is 5.81. The van der Waals surface area contributed by atoms with Gasteiger partial charge in [0.05, 0.1) is 16.7 Å². The SMILES string of the molecule is CN(C)CCN(C)Cc1cccc2c1[nH]c(=O)c1nc(-c3cccnc3)cn12. The lowest BCUT2D eigenvalue weighted by Crippen LogP contribution is -2.28. The average Bonchev–Trinajstić information content (AvgIpc) is 3.14. The maximum atomic E-state index is 12.7. The summed E-state index contributed by atoms with van der Waals surface area (Å²) in [7, 11) is 6.23. The predicted molar refractivity (Wildman–Crippen MR) is 111 cm³/mol. The molecule has 1 aromatic carbocycles. The van der Waals surface area contributed by atoms with Gasteiger partial charge in [0.15, 0.2) is 0 Å². The number of aromatic nitrogens is 4. The van der Waals surface area contributed by atoms with Gasteiger partial charge in [-0.3, -0.25) is 14.2 Å². The Balaban J connectivity index is 1.78. The second-order valence-corrected chi connectivity index (χ2v) is 7.37. The average molecular weight is 376 g/mol. The van der Waals surface area contributed by atoms with Crippen LogP contribution < -0.4 is 5.56 Å². The number of nitrogens with zero attached hydrogens (tertiary/aromatic N) is 5. The van der Waals surface area contributed by atoms with Crippen molar-refractivity contribution in [2.75, 3.05) is 34.2 Å². The molecule has 0 unspecified atom stereocenters. The zero-order valence-corrected chi connectivity index (χ0v) is 16.4. The van der Waals surface area contributed by atoms with E-state index < -0.39 is 0 Å². The summed E-state index contributed by atoms with van der Waals surface area (Å²) in [6.07, 6.45) is 5.38. The van der Waals surface area contributed by atoms with Crippen LogP contribution in [0.4, 0.5) is 0 Å². The number of likely N-dealkylation sites (N-methyl/N-ethyl adjacent to an activating group) is 2. The van der Waals surface area contributed by atoms with Crippen LogP contribution in [0.1, 0.15) is 5.56 Å². The van der Waals surface area contributed by atoms with Crippen LogP contribution in [-0.4, -0.2) is 63.4 Å². The lowest BCUT2D eigenvalue weighted by molar-refractivity contribution is 0.277. The Labute approximate surface area is 163 Å². The molecule has 0 aliphatic carbocycles. The molecule has 144 valence electrons. The third-order valence-corrected chi connectivity index (χ3v) is 4.86. The first-order valence-electron chi connectivity index (χ1n) is 9.29. The van der Waals surface area contributed by atoms with E-state index in [4.69, 9.17) is 0 Å². The maximum absolute atomic E-state index is 12.7. The fourth-order valence-electron chi connectivity index (χ4n) is 3.35. The molecule has 0 amide bonds. The molecule has 7 nitrogen and oxygen atoms in total. The minimum atomic E-state index is -0.189. The Bertz CT molecular complexity index is 1160. The predicted octanol–water partition coefficient (Wildman–Crippen LogP) is 2.23. The first kappa shape index (κ1) is 18.3. The highest BCUT2D eigenvalue weighted by Gasteiger charge is 2.13. The van der Waals surface area contributed by atoms with Crippen molar-refractivity contribution < 1.29 is 0 Å². The molecule has 0 atom stereocenters. The van der Waals surface area contributed by atoms with Crippen molar-refractivity contribution in [3.05, 3.63) is 64.8 Å². The van der Waals surface area contributed by atoms with Crippen LogP contribution in [0.15, 0.2) is 53.7 Å². The molecule has 3 aromatic heterocycles. The van der Waals surface area contributed by atoms with E-state index in [9.17, 15) is 4.79 Å². The van der Waals surface area contributed by atoms with Crippen molar-refractivity contribution in [1.82, 2.24) is 29.2 Å². The molecule has 4 rings (SSSR count). The number of aromatic amines is 1. The summed E-state index contributed by atoms with van der Waals surface area (Å²) in [6.45, 7) is 2.70. The number of rotatable bonds is 6. The highest BCUT2D eigenvalue weighted by atomic mass is 16.1. The maximum Gasteiger partial charge on any atom is 0.292 e. The summed E-state index contributed by atoms with van der Waals surface area (Å²) in [5, 5.41) is 0. The van der Waals surface area contributed by atoms with E-state index in [2.05, 4.69) is 52.0 Å². The van der Waals surface area contributed by atoms with E-state index in [1.807, 2.05) is 34.9 Å². The van der Waals surface area contributed by atoms with E-state index in [1.54, 1.807) is 12.4 Å². The highest BCUT2D eigenvalue weighted by Crippen LogP contribution is 2.22. The zero-order valence-electron chi connectivity index (χ0n) is 16.4. The minimum Gasteiger partial charge on any atom is -0.317 e. The molecule has 7 heteroatoms. The number of para-hydroxylation sites is 1. The van der Waals surface area contributed by atoms with Crippen molar-refractivity contribution >= 4 is 16.7 Å². The molecular weight excluding hydrogens is 352 g/mol. The topological polar surface area (TPSA) is 69.5 Å². The number of nitrogens with one attached hydrogen (secondary N) is 1. The second-order valence-electron chi connectivity index (χ2n) is 7.37. The van der Waals surface area contributed by atoms with E-state index in [0.717, 1.165) is 47.5 Å². The van der Waals surface area contributed by atoms with Gasteiger partial charge in [-0.1, -0.05) is 12.1 Å². The normalized spacial score (nSPS) is 11.9. The smallest absolute Gasteiger partial charge is 0.292 e. The third-order valence-electron chi connectivity index (χ3n) is 4.86.